The number of ether oxygens (including phenoxy) is 1. The van der Waals surface area contributed by atoms with Gasteiger partial charge in [-0.2, -0.15) is 4.31 Å². The molecule has 0 bridgehead atoms. The van der Waals surface area contributed by atoms with Crippen molar-refractivity contribution in [1.82, 2.24) is 18.8 Å². The van der Waals surface area contributed by atoms with Gasteiger partial charge in [0.1, 0.15) is 5.82 Å². The lowest BCUT2D eigenvalue weighted by molar-refractivity contribution is 0.0730. The molecule has 1 aromatic heterocycles. The molecule has 2 aromatic rings. The van der Waals surface area contributed by atoms with E-state index in [4.69, 9.17) is 9.72 Å². The van der Waals surface area contributed by atoms with E-state index in [1.807, 2.05) is 6.07 Å². The van der Waals surface area contributed by atoms with E-state index in [0.29, 0.717) is 31.2 Å². The fraction of sp³-hybridized carbons (Fsp3) is 0.650. The number of imidazole rings is 1. The summed E-state index contributed by atoms with van der Waals surface area (Å²) in [5, 5.41) is 0. The van der Waals surface area contributed by atoms with Gasteiger partial charge in [-0.1, -0.05) is 12.8 Å². The smallest absolute Gasteiger partial charge is 0.243 e. The first-order chi connectivity index (χ1) is 13.6. The molecule has 0 saturated carbocycles. The molecular formula is C20H30N4O3S. The van der Waals surface area contributed by atoms with E-state index >= 15 is 0 Å². The van der Waals surface area contributed by atoms with Crippen LogP contribution in [0.25, 0.3) is 11.0 Å². The summed E-state index contributed by atoms with van der Waals surface area (Å²) < 4.78 is 35.0. The Bertz CT molecular complexity index is 911. The molecule has 0 N–H and O–H groups in total. The van der Waals surface area contributed by atoms with Crippen LogP contribution in [0.15, 0.2) is 23.1 Å². The molecule has 0 amide bonds. The summed E-state index contributed by atoms with van der Waals surface area (Å²) in [5.74, 6) is 1.03. The van der Waals surface area contributed by atoms with Crippen LogP contribution in [0.3, 0.4) is 0 Å². The molecule has 3 heterocycles. The molecule has 0 aliphatic carbocycles. The number of fused-ring (bicyclic) bond motifs is 1. The van der Waals surface area contributed by atoms with Crippen LogP contribution in [0.1, 0.15) is 38.4 Å². The third-order valence-electron chi connectivity index (χ3n) is 5.79. The molecule has 2 saturated heterocycles. The van der Waals surface area contributed by atoms with Gasteiger partial charge in [0.15, 0.2) is 0 Å². The van der Waals surface area contributed by atoms with Gasteiger partial charge in [-0.05, 0) is 51.1 Å². The third kappa shape index (κ3) is 3.96. The number of aromatic nitrogens is 2. The second-order valence-electron chi connectivity index (χ2n) is 7.63. The van der Waals surface area contributed by atoms with Gasteiger partial charge in [-0.15, -0.1) is 0 Å². The Morgan fingerprint density at radius 3 is 2.43 bits per heavy atom. The first-order valence-corrected chi connectivity index (χ1v) is 11.8. The number of nitrogens with zero attached hydrogens (tertiary/aromatic N) is 4. The number of aryl methyl sites for hydroxylation is 1. The molecular weight excluding hydrogens is 376 g/mol. The average molecular weight is 407 g/mol. The fourth-order valence-electron chi connectivity index (χ4n) is 4.22. The number of likely N-dealkylation sites (tertiary alicyclic amines) is 1. The molecule has 0 spiro atoms. The second-order valence-corrected chi connectivity index (χ2v) is 9.57. The first kappa shape index (κ1) is 19.8. The zero-order valence-electron chi connectivity index (χ0n) is 16.6. The molecule has 28 heavy (non-hydrogen) atoms. The maximum atomic E-state index is 13.0. The van der Waals surface area contributed by atoms with Crippen molar-refractivity contribution in [2.45, 2.75) is 50.6 Å². The predicted octanol–water partition coefficient (Wildman–Crippen LogP) is 2.45. The number of rotatable bonds is 5. The summed E-state index contributed by atoms with van der Waals surface area (Å²) >= 11 is 0. The Morgan fingerprint density at radius 1 is 1.04 bits per heavy atom. The van der Waals surface area contributed by atoms with Crippen LogP contribution in [0.4, 0.5) is 0 Å². The van der Waals surface area contributed by atoms with Gasteiger partial charge in [0.2, 0.25) is 10.0 Å². The summed E-state index contributed by atoms with van der Waals surface area (Å²) in [6.45, 7) is 7.72. The molecule has 8 heteroatoms. The second kappa shape index (κ2) is 8.49. The summed E-state index contributed by atoms with van der Waals surface area (Å²) in [7, 11) is -3.50. The molecule has 0 atom stereocenters. The minimum absolute atomic E-state index is 0.323. The topological polar surface area (TPSA) is 67.7 Å². The van der Waals surface area contributed by atoms with Crippen LogP contribution in [-0.4, -0.2) is 66.6 Å². The molecule has 4 rings (SSSR count). The van der Waals surface area contributed by atoms with Crippen molar-refractivity contribution in [3.8, 4) is 0 Å². The van der Waals surface area contributed by atoms with Crippen molar-refractivity contribution < 1.29 is 13.2 Å². The number of hydrogen-bond donors (Lipinski definition) is 0. The number of sulfonamides is 1. The molecule has 2 aliphatic heterocycles. The van der Waals surface area contributed by atoms with E-state index in [-0.39, 0.29) is 0 Å². The van der Waals surface area contributed by atoms with Crippen molar-refractivity contribution >= 4 is 21.1 Å². The van der Waals surface area contributed by atoms with Gasteiger partial charge in [0.25, 0.3) is 0 Å². The highest BCUT2D eigenvalue weighted by atomic mass is 32.2. The Hall–Kier alpha value is -1.48. The van der Waals surface area contributed by atoms with E-state index < -0.39 is 10.0 Å². The number of hydrogen-bond acceptors (Lipinski definition) is 5. The molecule has 7 nitrogen and oxygen atoms in total. The van der Waals surface area contributed by atoms with Gasteiger partial charge in [-0.25, -0.2) is 13.4 Å². The highest BCUT2D eigenvalue weighted by molar-refractivity contribution is 7.89. The minimum Gasteiger partial charge on any atom is -0.379 e. The van der Waals surface area contributed by atoms with Crippen LogP contribution >= 0.6 is 0 Å². The van der Waals surface area contributed by atoms with Crippen LogP contribution in [0, 0.1) is 0 Å². The van der Waals surface area contributed by atoms with Crippen LogP contribution in [0.5, 0.6) is 0 Å². The van der Waals surface area contributed by atoms with E-state index in [9.17, 15) is 8.42 Å². The highest BCUT2D eigenvalue weighted by Crippen LogP contribution is 2.24. The molecule has 2 fully saturated rings. The summed E-state index contributed by atoms with van der Waals surface area (Å²) in [6.07, 6.45) is 5.11. The monoisotopic (exact) mass is 406 g/mol. The van der Waals surface area contributed by atoms with Crippen molar-refractivity contribution in [2.24, 2.45) is 0 Å². The van der Waals surface area contributed by atoms with E-state index in [1.54, 1.807) is 12.1 Å². The number of benzene rings is 1. The van der Waals surface area contributed by atoms with Crippen molar-refractivity contribution in [2.75, 3.05) is 39.4 Å². The average Bonchev–Trinajstić information content (AvgIpc) is 2.86. The largest absolute Gasteiger partial charge is 0.379 e. The van der Waals surface area contributed by atoms with E-state index in [2.05, 4.69) is 16.4 Å². The van der Waals surface area contributed by atoms with Gasteiger partial charge in [0, 0.05) is 19.6 Å². The van der Waals surface area contributed by atoms with Crippen molar-refractivity contribution in [3.05, 3.63) is 24.0 Å². The standard InChI is InChI=1S/C20H30N4O3S/c1-2-24-19-8-7-17(28(25,26)23-11-13-27-14-12-23)15-18(19)21-20(24)16-22-9-5-3-4-6-10-22/h7-8,15H,2-6,9-14,16H2,1H3. The summed E-state index contributed by atoms with van der Waals surface area (Å²) in [6, 6.07) is 5.36. The predicted molar refractivity (Wildman–Crippen MR) is 109 cm³/mol. The van der Waals surface area contributed by atoms with Gasteiger partial charge < -0.3 is 9.30 Å². The van der Waals surface area contributed by atoms with Crippen LogP contribution < -0.4 is 0 Å². The maximum Gasteiger partial charge on any atom is 0.243 e. The Morgan fingerprint density at radius 2 is 1.75 bits per heavy atom. The molecule has 0 radical (unpaired) electrons. The third-order valence-corrected chi connectivity index (χ3v) is 7.68. The van der Waals surface area contributed by atoms with Crippen LogP contribution in [-0.2, 0) is 27.8 Å². The van der Waals surface area contributed by atoms with Gasteiger partial charge in [-0.3, -0.25) is 4.90 Å². The molecule has 1 aromatic carbocycles. The van der Waals surface area contributed by atoms with Gasteiger partial charge in [0.05, 0.1) is 35.7 Å². The molecule has 154 valence electrons. The SMILES string of the molecule is CCn1c(CN2CCCCCC2)nc2cc(S(=O)(=O)N3CCOCC3)ccc21. The lowest BCUT2D eigenvalue weighted by Crippen LogP contribution is -2.40. The zero-order chi connectivity index (χ0) is 19.6. The zero-order valence-corrected chi connectivity index (χ0v) is 17.5. The van der Waals surface area contributed by atoms with Crippen LogP contribution in [0.2, 0.25) is 0 Å². The lowest BCUT2D eigenvalue weighted by Gasteiger charge is -2.26. The Balaban J connectivity index is 1.64. The molecule has 0 unspecified atom stereocenters. The van der Waals surface area contributed by atoms with E-state index in [1.165, 1.54) is 30.0 Å². The lowest BCUT2D eigenvalue weighted by atomic mass is 10.2. The van der Waals surface area contributed by atoms with Crippen molar-refractivity contribution in [1.29, 1.82) is 0 Å². The fourth-order valence-corrected chi connectivity index (χ4v) is 5.65. The van der Waals surface area contributed by atoms with E-state index in [0.717, 1.165) is 43.0 Å². The maximum absolute atomic E-state index is 13.0. The first-order valence-electron chi connectivity index (χ1n) is 10.4. The highest BCUT2D eigenvalue weighted by Gasteiger charge is 2.27. The minimum atomic E-state index is -3.50. The Labute approximate surface area is 167 Å². The van der Waals surface area contributed by atoms with Gasteiger partial charge >= 0.3 is 0 Å². The normalized spacial score (nSPS) is 20.5. The van der Waals surface area contributed by atoms with Crippen molar-refractivity contribution in [3.63, 3.8) is 0 Å². The summed E-state index contributed by atoms with van der Waals surface area (Å²) in [5.41, 5.74) is 1.77. The summed E-state index contributed by atoms with van der Waals surface area (Å²) in [4.78, 5) is 7.64. The number of morpholine rings is 1. The Kier molecular flexibility index (Phi) is 6.01. The quantitative estimate of drug-likeness (QED) is 0.763. The molecule has 2 aliphatic rings.